The van der Waals surface area contributed by atoms with E-state index >= 15 is 0 Å². The number of benzene rings is 1. The van der Waals surface area contributed by atoms with Gasteiger partial charge in [-0.05, 0) is 37.4 Å². The first-order valence-electron chi connectivity index (χ1n) is 6.59. The number of thioether (sulfide) groups is 1. The van der Waals surface area contributed by atoms with Crippen molar-refractivity contribution >= 4 is 33.7 Å². The zero-order valence-electron chi connectivity index (χ0n) is 12.5. The highest BCUT2D eigenvalue weighted by Gasteiger charge is 2.15. The molecule has 0 amide bonds. The van der Waals surface area contributed by atoms with E-state index in [0.717, 1.165) is 23.2 Å². The largest absolute Gasteiger partial charge is 0.465 e. The maximum absolute atomic E-state index is 11.5. The van der Waals surface area contributed by atoms with Crippen molar-refractivity contribution in [2.24, 2.45) is 0 Å². The topological polar surface area (TPSA) is 29.5 Å². The van der Waals surface area contributed by atoms with Crippen molar-refractivity contribution in [1.82, 2.24) is 4.90 Å². The number of halogens is 1. The minimum atomic E-state index is -0.306. The van der Waals surface area contributed by atoms with Crippen LogP contribution in [0.15, 0.2) is 22.7 Å². The third-order valence-electron chi connectivity index (χ3n) is 3.35. The second kappa shape index (κ2) is 8.70. The molecule has 1 rings (SSSR count). The van der Waals surface area contributed by atoms with Crippen LogP contribution < -0.4 is 0 Å². The Bertz CT molecular complexity index is 453. The van der Waals surface area contributed by atoms with Crippen molar-refractivity contribution in [3.8, 4) is 0 Å². The number of carbonyl (C=O) groups is 1. The predicted molar refractivity (Wildman–Crippen MR) is 89.4 cm³/mol. The number of nitrogens with zero attached hydrogens (tertiary/aromatic N) is 1. The minimum absolute atomic E-state index is 0.306. The third kappa shape index (κ3) is 4.79. The molecule has 1 aromatic rings. The number of hydrogen-bond acceptors (Lipinski definition) is 4. The van der Waals surface area contributed by atoms with E-state index in [1.165, 1.54) is 12.7 Å². The van der Waals surface area contributed by atoms with Crippen LogP contribution in [0.25, 0.3) is 0 Å². The number of esters is 1. The lowest BCUT2D eigenvalue weighted by atomic mass is 10.1. The highest BCUT2D eigenvalue weighted by Crippen LogP contribution is 2.22. The first-order valence-corrected chi connectivity index (χ1v) is 8.78. The monoisotopic (exact) mass is 359 g/mol. The molecule has 0 saturated heterocycles. The van der Waals surface area contributed by atoms with E-state index in [0.29, 0.717) is 11.6 Å². The molecule has 1 atom stereocenters. The van der Waals surface area contributed by atoms with E-state index in [1.807, 2.05) is 30.0 Å². The summed E-state index contributed by atoms with van der Waals surface area (Å²) in [7, 11) is 3.54. The van der Waals surface area contributed by atoms with Gasteiger partial charge in [0.1, 0.15) is 0 Å². The van der Waals surface area contributed by atoms with Gasteiger partial charge in [0.25, 0.3) is 0 Å². The van der Waals surface area contributed by atoms with Gasteiger partial charge in [-0.1, -0.05) is 28.9 Å². The molecule has 0 heterocycles. The van der Waals surface area contributed by atoms with Crippen molar-refractivity contribution in [2.75, 3.05) is 26.2 Å². The van der Waals surface area contributed by atoms with Crippen LogP contribution in [0.2, 0.25) is 0 Å². The van der Waals surface area contributed by atoms with Gasteiger partial charge >= 0.3 is 5.97 Å². The first kappa shape index (κ1) is 17.5. The normalized spacial score (nSPS) is 12.5. The fraction of sp³-hybridized carbons (Fsp3) is 0.533. The fourth-order valence-electron chi connectivity index (χ4n) is 2.07. The zero-order chi connectivity index (χ0) is 15.1. The summed E-state index contributed by atoms with van der Waals surface area (Å²) in [4.78, 5) is 13.8. The average molecular weight is 360 g/mol. The Balaban J connectivity index is 2.80. The van der Waals surface area contributed by atoms with Crippen LogP contribution in [-0.2, 0) is 11.3 Å². The van der Waals surface area contributed by atoms with E-state index in [4.69, 9.17) is 4.74 Å². The Hall–Kier alpha value is -0.520. The van der Waals surface area contributed by atoms with Gasteiger partial charge in [-0.2, -0.15) is 11.8 Å². The van der Waals surface area contributed by atoms with Crippen LogP contribution in [0.4, 0.5) is 0 Å². The van der Waals surface area contributed by atoms with E-state index in [9.17, 15) is 4.79 Å². The van der Waals surface area contributed by atoms with Gasteiger partial charge in [0.15, 0.2) is 0 Å². The Morgan fingerprint density at radius 2 is 2.20 bits per heavy atom. The Morgan fingerprint density at radius 1 is 1.50 bits per heavy atom. The Labute approximate surface area is 134 Å². The third-order valence-corrected chi connectivity index (χ3v) is 4.80. The maximum Gasteiger partial charge on any atom is 0.337 e. The molecule has 0 radical (unpaired) electrons. The van der Waals surface area contributed by atoms with Crippen molar-refractivity contribution in [3.63, 3.8) is 0 Å². The summed E-state index contributed by atoms with van der Waals surface area (Å²) in [6.07, 6.45) is 3.27. The number of rotatable bonds is 7. The molecule has 0 aliphatic heterocycles. The number of methoxy groups -OCH3 is 1. The summed E-state index contributed by atoms with van der Waals surface area (Å²) in [5, 5.41) is 0. The SMILES string of the molecule is CCC(CSC)N(C)Cc1ccc(C(=O)OC)cc1Br. The van der Waals surface area contributed by atoms with Crippen LogP contribution in [0.1, 0.15) is 29.3 Å². The quantitative estimate of drug-likeness (QED) is 0.692. The molecule has 0 N–H and O–H groups in total. The number of carbonyl (C=O) groups excluding carboxylic acids is 1. The molecule has 20 heavy (non-hydrogen) atoms. The summed E-state index contributed by atoms with van der Waals surface area (Å²) in [5.74, 6) is 0.824. The molecule has 0 bridgehead atoms. The van der Waals surface area contributed by atoms with Gasteiger partial charge in [0.2, 0.25) is 0 Å². The van der Waals surface area contributed by atoms with Gasteiger partial charge in [0, 0.05) is 22.8 Å². The molecule has 0 aliphatic rings. The Morgan fingerprint density at radius 3 is 2.70 bits per heavy atom. The lowest BCUT2D eigenvalue weighted by Gasteiger charge is -2.27. The first-order chi connectivity index (χ1) is 9.53. The predicted octanol–water partition coefficient (Wildman–Crippen LogP) is 3.81. The molecule has 3 nitrogen and oxygen atoms in total. The van der Waals surface area contributed by atoms with Crippen molar-refractivity contribution in [3.05, 3.63) is 33.8 Å². The van der Waals surface area contributed by atoms with E-state index in [-0.39, 0.29) is 5.97 Å². The van der Waals surface area contributed by atoms with Gasteiger partial charge in [-0.15, -0.1) is 0 Å². The highest BCUT2D eigenvalue weighted by atomic mass is 79.9. The molecule has 1 aromatic carbocycles. The maximum atomic E-state index is 11.5. The lowest BCUT2D eigenvalue weighted by Crippen LogP contribution is -2.32. The second-order valence-corrected chi connectivity index (χ2v) is 6.50. The summed E-state index contributed by atoms with van der Waals surface area (Å²) >= 11 is 5.42. The smallest absolute Gasteiger partial charge is 0.337 e. The van der Waals surface area contributed by atoms with Crippen LogP contribution in [-0.4, -0.2) is 43.1 Å². The van der Waals surface area contributed by atoms with Crippen molar-refractivity contribution in [1.29, 1.82) is 0 Å². The Kier molecular flexibility index (Phi) is 7.62. The minimum Gasteiger partial charge on any atom is -0.465 e. The summed E-state index contributed by atoms with van der Waals surface area (Å²) in [5.41, 5.74) is 1.75. The standard InChI is InChI=1S/C15H22BrNO2S/c1-5-13(10-20-4)17(2)9-12-7-6-11(8-14(12)16)15(18)19-3/h6-8,13H,5,9-10H2,1-4H3. The molecule has 1 unspecified atom stereocenters. The molecule has 0 aliphatic carbocycles. The zero-order valence-corrected chi connectivity index (χ0v) is 14.9. The van der Waals surface area contributed by atoms with E-state index in [1.54, 1.807) is 0 Å². The van der Waals surface area contributed by atoms with Gasteiger partial charge in [-0.25, -0.2) is 4.79 Å². The summed E-state index contributed by atoms with van der Waals surface area (Å²) in [6, 6.07) is 6.19. The van der Waals surface area contributed by atoms with Crippen LogP contribution in [0, 0.1) is 0 Å². The summed E-state index contributed by atoms with van der Waals surface area (Å²) < 4.78 is 5.68. The molecule has 5 heteroatoms. The lowest BCUT2D eigenvalue weighted by molar-refractivity contribution is 0.0600. The van der Waals surface area contributed by atoms with E-state index < -0.39 is 0 Å². The van der Waals surface area contributed by atoms with Gasteiger partial charge < -0.3 is 4.74 Å². The second-order valence-electron chi connectivity index (χ2n) is 4.73. The van der Waals surface area contributed by atoms with Crippen molar-refractivity contribution in [2.45, 2.75) is 25.9 Å². The van der Waals surface area contributed by atoms with E-state index in [2.05, 4.69) is 41.1 Å². The van der Waals surface area contributed by atoms with Gasteiger partial charge in [0.05, 0.1) is 12.7 Å². The fourth-order valence-corrected chi connectivity index (χ4v) is 3.45. The molecule has 0 spiro atoms. The van der Waals surface area contributed by atoms with Crippen molar-refractivity contribution < 1.29 is 9.53 Å². The molecule has 0 fully saturated rings. The van der Waals surface area contributed by atoms with Crippen LogP contribution >= 0.6 is 27.7 Å². The number of hydrogen-bond donors (Lipinski definition) is 0. The van der Waals surface area contributed by atoms with Crippen LogP contribution in [0.3, 0.4) is 0 Å². The average Bonchev–Trinajstić information content (AvgIpc) is 2.45. The molecule has 112 valence electrons. The molecule has 0 aromatic heterocycles. The summed E-state index contributed by atoms with van der Waals surface area (Å²) in [6.45, 7) is 3.08. The molecular weight excluding hydrogens is 338 g/mol. The van der Waals surface area contributed by atoms with Gasteiger partial charge in [-0.3, -0.25) is 4.90 Å². The highest BCUT2D eigenvalue weighted by molar-refractivity contribution is 9.10. The number of ether oxygens (including phenoxy) is 1. The molecule has 0 saturated carbocycles. The molecular formula is C15H22BrNO2S. The van der Waals surface area contributed by atoms with Crippen LogP contribution in [0.5, 0.6) is 0 Å².